The summed E-state index contributed by atoms with van der Waals surface area (Å²) in [5.41, 5.74) is 3.04. The van der Waals surface area contributed by atoms with E-state index in [1.165, 1.54) is 11.2 Å². The predicted octanol–water partition coefficient (Wildman–Crippen LogP) is 2.89. The number of rotatable bonds is 5. The minimum Gasteiger partial charge on any atom is -0.391 e. The maximum Gasteiger partial charge on any atom is 0.243 e. The molecule has 142 valence electrons. The predicted molar refractivity (Wildman–Crippen MR) is 105 cm³/mol. The number of aliphatic hydroxyl groups is 1. The third kappa shape index (κ3) is 3.88. The van der Waals surface area contributed by atoms with Crippen molar-refractivity contribution in [2.24, 2.45) is 5.92 Å². The van der Waals surface area contributed by atoms with Gasteiger partial charge in [-0.3, -0.25) is 4.79 Å². The average molecular weight is 385 g/mol. The molecule has 0 saturated carbocycles. The lowest BCUT2D eigenvalue weighted by molar-refractivity contribution is 0.101. The first-order valence-corrected chi connectivity index (χ1v) is 10.2. The lowest BCUT2D eigenvalue weighted by atomic mass is 9.91. The molecule has 1 heterocycles. The minimum atomic E-state index is -3.67. The molecule has 0 unspecified atom stereocenters. The van der Waals surface area contributed by atoms with Crippen LogP contribution < -0.4 is 0 Å². The summed E-state index contributed by atoms with van der Waals surface area (Å²) in [6, 6.07) is 13.7. The molecule has 5 nitrogen and oxygen atoms in total. The largest absolute Gasteiger partial charge is 0.391 e. The van der Waals surface area contributed by atoms with Crippen molar-refractivity contribution in [2.75, 3.05) is 13.1 Å². The number of hydrogen-bond acceptors (Lipinski definition) is 4. The molecular formula is C21H23NO4S. The standard InChI is InChI=1S/C21H23NO4S/c1-14-4-10-19(11-5-14)27(25,26)22-12-20(21(24)13-22)15(2)17-6-8-18(9-7-17)16(3)23/h4-11,20-21,24H,2,12-13H2,1,3H3/t20-,21-/m0/s1. The van der Waals surface area contributed by atoms with E-state index in [4.69, 9.17) is 0 Å². The number of benzene rings is 2. The molecule has 1 aliphatic heterocycles. The molecule has 1 aliphatic rings. The first kappa shape index (κ1) is 19.5. The maximum absolute atomic E-state index is 12.9. The highest BCUT2D eigenvalue weighted by Crippen LogP contribution is 2.33. The van der Waals surface area contributed by atoms with Crippen LogP contribution in [0.3, 0.4) is 0 Å². The molecule has 3 rings (SSSR count). The summed E-state index contributed by atoms with van der Waals surface area (Å²) in [5, 5.41) is 10.5. The number of ketones is 1. The molecule has 1 fully saturated rings. The van der Waals surface area contributed by atoms with Gasteiger partial charge in [0.15, 0.2) is 5.78 Å². The van der Waals surface area contributed by atoms with Gasteiger partial charge in [0.1, 0.15) is 0 Å². The molecule has 0 aliphatic carbocycles. The summed E-state index contributed by atoms with van der Waals surface area (Å²) in [4.78, 5) is 11.6. The van der Waals surface area contributed by atoms with Crippen molar-refractivity contribution in [3.8, 4) is 0 Å². The monoisotopic (exact) mass is 385 g/mol. The number of nitrogens with zero attached hydrogens (tertiary/aromatic N) is 1. The van der Waals surface area contributed by atoms with Gasteiger partial charge in [-0.25, -0.2) is 8.42 Å². The van der Waals surface area contributed by atoms with Gasteiger partial charge in [0, 0.05) is 24.6 Å². The van der Waals surface area contributed by atoms with Crippen molar-refractivity contribution < 1.29 is 18.3 Å². The molecule has 0 aromatic heterocycles. The van der Waals surface area contributed by atoms with Gasteiger partial charge in [-0.15, -0.1) is 0 Å². The fourth-order valence-electron chi connectivity index (χ4n) is 3.28. The summed E-state index contributed by atoms with van der Waals surface area (Å²) in [7, 11) is -3.67. The van der Waals surface area contributed by atoms with Crippen molar-refractivity contribution in [3.05, 3.63) is 71.8 Å². The van der Waals surface area contributed by atoms with Crippen molar-refractivity contribution in [1.29, 1.82) is 0 Å². The Morgan fingerprint density at radius 1 is 1.04 bits per heavy atom. The highest BCUT2D eigenvalue weighted by atomic mass is 32.2. The number of aryl methyl sites for hydroxylation is 1. The second-order valence-corrected chi connectivity index (χ2v) is 8.91. The average Bonchev–Trinajstić information content (AvgIpc) is 3.04. The Morgan fingerprint density at radius 3 is 2.15 bits per heavy atom. The second-order valence-electron chi connectivity index (χ2n) is 6.97. The van der Waals surface area contributed by atoms with Crippen molar-refractivity contribution in [2.45, 2.75) is 24.8 Å². The van der Waals surface area contributed by atoms with E-state index < -0.39 is 22.0 Å². The smallest absolute Gasteiger partial charge is 0.243 e. The Hall–Kier alpha value is -2.28. The van der Waals surface area contributed by atoms with Gasteiger partial charge >= 0.3 is 0 Å². The van der Waals surface area contributed by atoms with Gasteiger partial charge in [-0.05, 0) is 37.1 Å². The number of aliphatic hydroxyl groups excluding tert-OH is 1. The maximum atomic E-state index is 12.9. The number of carbonyl (C=O) groups is 1. The molecule has 0 radical (unpaired) electrons. The number of sulfonamides is 1. The van der Waals surface area contributed by atoms with Crippen LogP contribution in [-0.2, 0) is 10.0 Å². The van der Waals surface area contributed by atoms with Gasteiger partial charge in [-0.2, -0.15) is 4.31 Å². The van der Waals surface area contributed by atoms with Crippen LogP contribution in [0.2, 0.25) is 0 Å². The molecule has 2 aromatic carbocycles. The van der Waals surface area contributed by atoms with Gasteiger partial charge in [0.25, 0.3) is 0 Å². The van der Waals surface area contributed by atoms with Crippen LogP contribution in [0.25, 0.3) is 5.57 Å². The van der Waals surface area contributed by atoms with E-state index in [0.29, 0.717) is 11.1 Å². The summed E-state index contributed by atoms with van der Waals surface area (Å²) in [6.07, 6.45) is -0.829. The third-order valence-electron chi connectivity index (χ3n) is 5.02. The zero-order chi connectivity index (χ0) is 19.8. The first-order chi connectivity index (χ1) is 12.7. The van der Waals surface area contributed by atoms with Crippen molar-refractivity contribution in [3.63, 3.8) is 0 Å². The molecule has 6 heteroatoms. The van der Waals surface area contributed by atoms with E-state index in [1.807, 2.05) is 6.92 Å². The van der Waals surface area contributed by atoms with Crippen LogP contribution in [0, 0.1) is 12.8 Å². The van der Waals surface area contributed by atoms with Crippen LogP contribution in [0.4, 0.5) is 0 Å². The van der Waals surface area contributed by atoms with Crippen LogP contribution in [0.5, 0.6) is 0 Å². The van der Waals surface area contributed by atoms with Crippen LogP contribution in [-0.4, -0.2) is 42.8 Å². The van der Waals surface area contributed by atoms with E-state index in [1.54, 1.807) is 48.5 Å². The molecule has 27 heavy (non-hydrogen) atoms. The highest BCUT2D eigenvalue weighted by molar-refractivity contribution is 7.89. The van der Waals surface area contributed by atoms with Gasteiger partial charge in [-0.1, -0.05) is 48.5 Å². The number of hydrogen-bond donors (Lipinski definition) is 1. The number of Topliss-reactive ketones (excluding diaryl/α,β-unsaturated/α-hetero) is 1. The Bertz CT molecular complexity index is 962. The van der Waals surface area contributed by atoms with E-state index in [9.17, 15) is 18.3 Å². The Morgan fingerprint density at radius 2 is 1.59 bits per heavy atom. The third-order valence-corrected chi connectivity index (χ3v) is 6.87. The summed E-state index contributed by atoms with van der Waals surface area (Å²) in [6.45, 7) is 7.67. The van der Waals surface area contributed by atoms with Crippen LogP contribution in [0.15, 0.2) is 60.0 Å². The lowest BCUT2D eigenvalue weighted by Crippen LogP contribution is -2.29. The zero-order valence-electron chi connectivity index (χ0n) is 15.4. The molecule has 1 N–H and O–H groups in total. The highest BCUT2D eigenvalue weighted by Gasteiger charge is 2.39. The topological polar surface area (TPSA) is 74.7 Å². The molecule has 2 aromatic rings. The fourth-order valence-corrected chi connectivity index (χ4v) is 4.77. The van der Waals surface area contributed by atoms with Crippen LogP contribution in [0.1, 0.15) is 28.4 Å². The first-order valence-electron chi connectivity index (χ1n) is 8.75. The van der Waals surface area contributed by atoms with Gasteiger partial charge in [0.05, 0.1) is 11.0 Å². The van der Waals surface area contributed by atoms with Crippen LogP contribution >= 0.6 is 0 Å². The zero-order valence-corrected chi connectivity index (χ0v) is 16.2. The quantitative estimate of drug-likeness (QED) is 0.803. The second kappa shape index (κ2) is 7.38. The fraction of sp³-hybridized carbons (Fsp3) is 0.286. The Balaban J connectivity index is 1.80. The van der Waals surface area contributed by atoms with E-state index in [2.05, 4.69) is 6.58 Å². The summed E-state index contributed by atoms with van der Waals surface area (Å²) < 4.78 is 27.0. The lowest BCUT2D eigenvalue weighted by Gasteiger charge is -2.18. The summed E-state index contributed by atoms with van der Waals surface area (Å²) >= 11 is 0. The van der Waals surface area contributed by atoms with E-state index in [-0.39, 0.29) is 23.8 Å². The molecule has 0 amide bonds. The normalized spacial score (nSPS) is 20.6. The van der Waals surface area contributed by atoms with Crippen molar-refractivity contribution in [1.82, 2.24) is 4.31 Å². The number of carbonyl (C=O) groups excluding carboxylic acids is 1. The molecule has 0 bridgehead atoms. The molecule has 0 spiro atoms. The minimum absolute atomic E-state index is 0.0246. The van der Waals surface area contributed by atoms with E-state index in [0.717, 1.165) is 11.1 Å². The molecular weight excluding hydrogens is 362 g/mol. The van der Waals surface area contributed by atoms with Gasteiger partial charge < -0.3 is 5.11 Å². The number of β-amino-alcohol motifs (C(OH)–C–C–N with tert-alkyl or cyclic N) is 1. The molecule has 2 atom stereocenters. The Labute approximate surface area is 160 Å². The Kier molecular flexibility index (Phi) is 5.33. The summed E-state index contributed by atoms with van der Waals surface area (Å²) in [5.74, 6) is -0.420. The van der Waals surface area contributed by atoms with Gasteiger partial charge in [0.2, 0.25) is 10.0 Å². The molecule has 1 saturated heterocycles. The SMILES string of the molecule is C=C(c1ccc(C(C)=O)cc1)[C@@H]1CN(S(=O)(=O)c2ccc(C)cc2)C[C@@H]1O. The van der Waals surface area contributed by atoms with Crippen molar-refractivity contribution >= 4 is 21.4 Å². The van der Waals surface area contributed by atoms with E-state index >= 15 is 0 Å².